The molecule has 7 rings (SSSR count). The summed E-state index contributed by atoms with van der Waals surface area (Å²) in [6, 6.07) is 24.7. The van der Waals surface area contributed by atoms with Crippen molar-refractivity contribution < 1.29 is 14.0 Å². The highest BCUT2D eigenvalue weighted by Gasteiger charge is 2.27. The van der Waals surface area contributed by atoms with Crippen LogP contribution in [0, 0.1) is 33.0 Å². The zero-order valence-corrected chi connectivity index (χ0v) is 25.3. The lowest BCUT2D eigenvalue weighted by Gasteiger charge is -2.34. The van der Waals surface area contributed by atoms with Crippen molar-refractivity contribution in [3.63, 3.8) is 0 Å². The van der Waals surface area contributed by atoms with Crippen LogP contribution >= 0.6 is 0 Å². The van der Waals surface area contributed by atoms with E-state index in [0.29, 0.717) is 28.0 Å². The zero-order valence-electron chi connectivity index (χ0n) is 32.3. The van der Waals surface area contributed by atoms with E-state index in [9.17, 15) is 1.37 Å². The second kappa shape index (κ2) is 10.5. The molecule has 1 saturated carbocycles. The molecule has 0 aliphatic heterocycles. The van der Waals surface area contributed by atoms with Crippen molar-refractivity contribution in [2.24, 2.45) is 5.41 Å². The molecular formula is C41H41NO. The van der Waals surface area contributed by atoms with E-state index < -0.39 is 19.6 Å². The number of fused-ring (bicyclic) bond motifs is 3. The fourth-order valence-electron chi connectivity index (χ4n) is 6.72. The van der Waals surface area contributed by atoms with Gasteiger partial charge in [-0.2, -0.15) is 0 Å². The van der Waals surface area contributed by atoms with E-state index in [2.05, 4.69) is 24.9 Å². The Kier molecular flexibility index (Phi) is 5.06. The topological polar surface area (TPSA) is 26.0 Å². The van der Waals surface area contributed by atoms with Crippen LogP contribution in [0.4, 0.5) is 0 Å². The number of furan rings is 1. The maximum absolute atomic E-state index is 9.25. The van der Waals surface area contributed by atoms with Gasteiger partial charge in [0.05, 0.1) is 5.69 Å². The molecule has 0 spiro atoms. The highest BCUT2D eigenvalue weighted by atomic mass is 16.3. The third-order valence-electron chi connectivity index (χ3n) is 9.37. The van der Waals surface area contributed by atoms with Crippen LogP contribution in [0.3, 0.4) is 0 Å². The van der Waals surface area contributed by atoms with Gasteiger partial charge in [0.25, 0.3) is 0 Å². The van der Waals surface area contributed by atoms with E-state index in [0.717, 1.165) is 69.9 Å². The van der Waals surface area contributed by atoms with E-state index >= 15 is 0 Å². The average molecular weight is 571 g/mol. The minimum Gasteiger partial charge on any atom is -0.455 e. The summed E-state index contributed by atoms with van der Waals surface area (Å²) in [4.78, 5) is 4.60. The lowest BCUT2D eigenvalue weighted by Crippen LogP contribution is -2.20. The Bertz CT molecular complexity index is 2270. The van der Waals surface area contributed by atoms with Crippen molar-refractivity contribution in [3.8, 4) is 33.5 Å². The van der Waals surface area contributed by atoms with Gasteiger partial charge in [0.1, 0.15) is 11.2 Å². The monoisotopic (exact) mass is 570 g/mol. The van der Waals surface area contributed by atoms with Crippen LogP contribution in [-0.4, -0.2) is 4.98 Å². The van der Waals surface area contributed by atoms with Crippen LogP contribution in [0.15, 0.2) is 89.5 Å². The van der Waals surface area contributed by atoms with E-state index in [4.69, 9.17) is 12.6 Å². The minimum absolute atomic E-state index is 0.0240. The van der Waals surface area contributed by atoms with Gasteiger partial charge in [0.15, 0.2) is 0 Å². The number of rotatable bonds is 4. The van der Waals surface area contributed by atoms with Crippen molar-refractivity contribution >= 4 is 21.9 Å². The molecule has 2 heterocycles. The predicted molar refractivity (Wildman–Crippen MR) is 182 cm³/mol. The lowest BCUT2D eigenvalue weighted by atomic mass is 9.71. The number of pyridine rings is 1. The number of nitrogens with zero attached hydrogens (tertiary/aromatic N) is 1. The zero-order chi connectivity index (χ0) is 35.8. The molecule has 4 aromatic carbocycles. The molecule has 6 aromatic rings. The predicted octanol–water partition coefficient (Wildman–Crippen LogP) is 11.9. The summed E-state index contributed by atoms with van der Waals surface area (Å²) in [5.41, 5.74) is 8.08. The molecule has 216 valence electrons. The van der Waals surface area contributed by atoms with Crippen LogP contribution in [0.2, 0.25) is 0 Å². The van der Waals surface area contributed by atoms with Crippen LogP contribution in [0.25, 0.3) is 55.4 Å². The first-order valence-electron chi connectivity index (χ1n) is 18.6. The highest BCUT2D eigenvalue weighted by Crippen LogP contribution is 2.43. The maximum atomic E-state index is 9.25. The molecule has 0 amide bonds. The number of benzene rings is 4. The third kappa shape index (κ3) is 4.97. The van der Waals surface area contributed by atoms with Crippen molar-refractivity contribution in [1.82, 2.24) is 4.98 Å². The summed E-state index contributed by atoms with van der Waals surface area (Å²) in [6.07, 6.45) is 4.96. The molecule has 0 atom stereocenters. The summed E-state index contributed by atoms with van der Waals surface area (Å²) in [6.45, 7) is 3.49. The van der Waals surface area contributed by atoms with Gasteiger partial charge in [-0.3, -0.25) is 4.98 Å². The molecular weight excluding hydrogens is 522 g/mol. The van der Waals surface area contributed by atoms with Gasteiger partial charge in [-0.1, -0.05) is 74.5 Å². The Balaban J connectivity index is 1.35. The molecule has 0 unspecified atom stereocenters. The van der Waals surface area contributed by atoms with Gasteiger partial charge in [-0.15, -0.1) is 0 Å². The fraction of sp³-hybridized carbons (Fsp3) is 0.293. The number of hydrogen-bond donors (Lipinski definition) is 0. The molecule has 0 N–H and O–H groups in total. The van der Waals surface area contributed by atoms with Crippen molar-refractivity contribution in [2.75, 3.05) is 0 Å². The van der Waals surface area contributed by atoms with E-state index in [1.165, 1.54) is 6.20 Å². The SMILES string of the molecule is [2H]C([2H])([2H])c1cnc(-c2cccc3c2oc2cccc(C)c23)cc1-c1ccc(-c2ccc(C3([2H])CCC(C)(C)CC3)cc2C)cc1C([2H])([2H])[2H]. The Morgan fingerprint density at radius 2 is 1.56 bits per heavy atom. The Hall–Kier alpha value is -4.17. The Morgan fingerprint density at radius 1 is 0.767 bits per heavy atom. The molecule has 2 heteroatoms. The van der Waals surface area contributed by atoms with Gasteiger partial charge in [0.2, 0.25) is 0 Å². The van der Waals surface area contributed by atoms with Crippen LogP contribution in [0.5, 0.6) is 0 Å². The molecule has 1 fully saturated rings. The van der Waals surface area contributed by atoms with Gasteiger partial charge in [-0.05, 0) is 133 Å². The average Bonchev–Trinajstić information content (AvgIpc) is 3.45. The molecule has 1 aliphatic rings. The molecule has 2 aromatic heterocycles. The second-order valence-electron chi connectivity index (χ2n) is 12.9. The summed E-state index contributed by atoms with van der Waals surface area (Å²) in [5.74, 6) is -0.636. The number of hydrogen-bond acceptors (Lipinski definition) is 2. The molecule has 0 saturated heterocycles. The minimum atomic E-state index is -2.54. The summed E-state index contributed by atoms with van der Waals surface area (Å²) in [7, 11) is 0. The Labute approximate surface area is 265 Å². The standard InChI is InChI=1S/C41H41NO/c1-25-9-7-12-38-39(25)35-11-8-10-34(40(35)43-38)37-23-36(28(4)24-42-37)33-16-14-31(22-27(33)3)32-15-13-30(21-26(32)2)29-17-19-41(5,6)20-18-29/h7-16,21-24,29H,17-20H2,1-6H3/i3D3,4D3,29D. The lowest BCUT2D eigenvalue weighted by molar-refractivity contribution is 0.224. The third-order valence-corrected chi connectivity index (χ3v) is 9.37. The molecule has 43 heavy (non-hydrogen) atoms. The van der Waals surface area contributed by atoms with E-state index in [1.54, 1.807) is 18.2 Å². The first-order valence-corrected chi connectivity index (χ1v) is 15.1. The summed E-state index contributed by atoms with van der Waals surface area (Å²) in [5, 5.41) is 1.93. The highest BCUT2D eigenvalue weighted by molar-refractivity contribution is 6.10. The van der Waals surface area contributed by atoms with Crippen molar-refractivity contribution in [2.45, 2.75) is 73.0 Å². The van der Waals surface area contributed by atoms with Crippen molar-refractivity contribution in [3.05, 3.63) is 113 Å². The summed E-state index contributed by atoms with van der Waals surface area (Å²) >= 11 is 0. The van der Waals surface area contributed by atoms with Crippen LogP contribution in [-0.2, 0) is 0 Å². The first kappa shape index (κ1) is 20.7. The summed E-state index contributed by atoms with van der Waals surface area (Å²) < 4.78 is 66.4. The molecule has 0 radical (unpaired) electrons. The quantitative estimate of drug-likeness (QED) is 0.211. The van der Waals surface area contributed by atoms with E-state index in [1.807, 2.05) is 68.4 Å². The van der Waals surface area contributed by atoms with Crippen LogP contribution in [0.1, 0.15) is 82.8 Å². The van der Waals surface area contributed by atoms with Gasteiger partial charge >= 0.3 is 0 Å². The van der Waals surface area contributed by atoms with Gasteiger partial charge in [-0.25, -0.2) is 0 Å². The Morgan fingerprint density at radius 3 is 2.35 bits per heavy atom. The normalized spacial score (nSPS) is 19.1. The molecule has 0 bridgehead atoms. The van der Waals surface area contributed by atoms with E-state index in [-0.39, 0.29) is 16.5 Å². The molecule has 2 nitrogen and oxygen atoms in total. The maximum Gasteiger partial charge on any atom is 0.144 e. The number of aromatic nitrogens is 1. The fourth-order valence-corrected chi connectivity index (χ4v) is 6.72. The van der Waals surface area contributed by atoms with Crippen molar-refractivity contribution in [1.29, 1.82) is 0 Å². The first-order chi connectivity index (χ1) is 23.5. The van der Waals surface area contributed by atoms with Crippen LogP contribution < -0.4 is 0 Å². The molecule has 1 aliphatic carbocycles. The second-order valence-corrected chi connectivity index (χ2v) is 12.9. The number of para-hydroxylation sites is 1. The van der Waals surface area contributed by atoms with Gasteiger partial charge < -0.3 is 4.42 Å². The smallest absolute Gasteiger partial charge is 0.144 e. The largest absolute Gasteiger partial charge is 0.455 e. The van der Waals surface area contributed by atoms with Gasteiger partial charge in [0, 0.05) is 32.1 Å². The number of aryl methyl sites for hydroxylation is 4.